The number of halogens is 1. The normalized spacial score (nSPS) is 20.6. The Morgan fingerprint density at radius 1 is 1.18 bits per heavy atom. The highest BCUT2D eigenvalue weighted by molar-refractivity contribution is 6.12. The monoisotopic (exact) mass is 468 g/mol. The summed E-state index contributed by atoms with van der Waals surface area (Å²) in [5, 5.41) is 6.10. The molecule has 0 saturated heterocycles. The van der Waals surface area contributed by atoms with Crippen LogP contribution in [0.1, 0.15) is 51.6 Å². The van der Waals surface area contributed by atoms with Gasteiger partial charge in [-0.15, -0.1) is 0 Å². The minimum Gasteiger partial charge on any atom is -0.465 e. The maximum atomic E-state index is 13.5. The molecule has 2 aromatic rings. The fraction of sp³-hybridized carbons (Fsp3) is 0.500. The molecular weight excluding hydrogens is 439 g/mol. The van der Waals surface area contributed by atoms with E-state index in [4.69, 9.17) is 9.57 Å². The van der Waals surface area contributed by atoms with Crippen LogP contribution in [-0.4, -0.2) is 47.1 Å². The molecule has 0 bridgehead atoms. The van der Waals surface area contributed by atoms with Crippen molar-refractivity contribution < 1.29 is 28.3 Å². The molecule has 1 aliphatic carbocycles. The molecule has 1 aromatic heterocycles. The fourth-order valence-corrected chi connectivity index (χ4v) is 4.27. The molecule has 8 heteroatoms. The zero-order valence-electron chi connectivity index (χ0n) is 19.5. The maximum Gasteiger partial charge on any atom is 0.306 e. The van der Waals surface area contributed by atoms with Crippen molar-refractivity contribution >= 4 is 34.0 Å². The molecule has 2 aliphatic rings. The van der Waals surface area contributed by atoms with Crippen LogP contribution in [-0.2, 0) is 24.0 Å². The van der Waals surface area contributed by atoms with Gasteiger partial charge in [-0.3, -0.25) is 19.4 Å². The van der Waals surface area contributed by atoms with Gasteiger partial charge in [0.05, 0.1) is 18.7 Å². The summed E-state index contributed by atoms with van der Waals surface area (Å²) in [4.78, 5) is 48.2. The second kappa shape index (κ2) is 9.99. The molecule has 180 valence electrons. The summed E-state index contributed by atoms with van der Waals surface area (Å²) in [5.41, 5.74) is -0.148. The first-order valence-electron chi connectivity index (χ1n) is 11.7. The first kappa shape index (κ1) is 24.0. The maximum absolute atomic E-state index is 13.5. The molecule has 2 heterocycles. The van der Waals surface area contributed by atoms with Gasteiger partial charge in [0.15, 0.2) is 11.6 Å². The van der Waals surface area contributed by atoms with Crippen LogP contribution in [0.15, 0.2) is 41.7 Å². The average Bonchev–Trinajstić information content (AvgIpc) is 3.56. The Kier molecular flexibility index (Phi) is 7.05. The Hall–Kier alpha value is -3.16. The zero-order valence-corrected chi connectivity index (χ0v) is 19.5. The summed E-state index contributed by atoms with van der Waals surface area (Å²) in [5.74, 6) is -2.76. The van der Waals surface area contributed by atoms with Gasteiger partial charge in [0.1, 0.15) is 12.4 Å². The highest BCUT2D eigenvalue weighted by atomic mass is 19.1. The van der Waals surface area contributed by atoms with E-state index in [1.165, 1.54) is 0 Å². The number of fused-ring (bicyclic) bond motifs is 1. The number of aromatic nitrogens is 1. The van der Waals surface area contributed by atoms with E-state index in [0.29, 0.717) is 23.9 Å². The van der Waals surface area contributed by atoms with Crippen molar-refractivity contribution in [2.45, 2.75) is 51.6 Å². The predicted molar refractivity (Wildman–Crippen MR) is 124 cm³/mol. The van der Waals surface area contributed by atoms with Gasteiger partial charge in [-0.05, 0) is 30.2 Å². The average molecular weight is 469 g/mol. The molecule has 1 fully saturated rings. The van der Waals surface area contributed by atoms with Crippen molar-refractivity contribution in [3.8, 4) is 0 Å². The highest BCUT2D eigenvalue weighted by Crippen LogP contribution is 2.37. The fourth-order valence-electron chi connectivity index (χ4n) is 4.27. The van der Waals surface area contributed by atoms with Crippen molar-refractivity contribution in [2.24, 2.45) is 22.9 Å². The van der Waals surface area contributed by atoms with Gasteiger partial charge in [0.25, 0.3) is 0 Å². The summed E-state index contributed by atoms with van der Waals surface area (Å²) in [6, 6.07) is 9.62. The topological polar surface area (TPSA) is 94.9 Å². The Bertz CT molecular complexity index is 1120. The number of hydrogen-bond donors (Lipinski definition) is 0. The molecule has 0 spiro atoms. The lowest BCUT2D eigenvalue weighted by Crippen LogP contribution is -2.45. The lowest BCUT2D eigenvalue weighted by atomic mass is 9.77. The molecule has 1 aromatic carbocycles. The van der Waals surface area contributed by atoms with E-state index in [9.17, 15) is 18.8 Å². The van der Waals surface area contributed by atoms with E-state index in [0.717, 1.165) is 23.6 Å². The molecule has 2 atom stereocenters. The van der Waals surface area contributed by atoms with Gasteiger partial charge >= 0.3 is 5.97 Å². The summed E-state index contributed by atoms with van der Waals surface area (Å²) >= 11 is 0. The predicted octanol–water partition coefficient (Wildman–Crippen LogP) is 4.21. The van der Waals surface area contributed by atoms with Crippen LogP contribution in [0, 0.1) is 17.8 Å². The van der Waals surface area contributed by atoms with Gasteiger partial charge in [-0.1, -0.05) is 43.3 Å². The Morgan fingerprint density at radius 3 is 2.65 bits per heavy atom. The summed E-state index contributed by atoms with van der Waals surface area (Å²) < 4.78 is 18.4. The minimum atomic E-state index is -1.32. The molecular formula is C26H29FN2O5. The SMILES string of the molecule is CC(C)[C@@]1(C(=O)C[C@@H](CC(=O)OCC2CC2)C(=O)CF)CC(c2nccc3ccccc23)=NO1. The first-order valence-corrected chi connectivity index (χ1v) is 11.7. The van der Waals surface area contributed by atoms with E-state index >= 15 is 0 Å². The number of esters is 1. The van der Waals surface area contributed by atoms with Gasteiger partial charge in [-0.2, -0.15) is 0 Å². The number of carbonyl (C=O) groups is 3. The standard InChI is InChI=1S/C26H29FN2O5/c1-16(2)26(13-21(29-34-26)25-20-6-4-3-5-18(20)9-10-28-25)23(31)11-19(22(30)14-27)12-24(32)33-15-17-7-8-17/h3-6,9-10,16-17,19H,7-8,11-15H2,1-2H3/t19-,26+/m0/s1. The van der Waals surface area contributed by atoms with Crippen LogP contribution in [0.25, 0.3) is 10.8 Å². The molecule has 0 unspecified atom stereocenters. The van der Waals surface area contributed by atoms with Crippen molar-refractivity contribution in [2.75, 3.05) is 13.3 Å². The zero-order chi connectivity index (χ0) is 24.3. The van der Waals surface area contributed by atoms with Crippen molar-refractivity contribution in [1.29, 1.82) is 0 Å². The van der Waals surface area contributed by atoms with Gasteiger partial charge in [0.2, 0.25) is 5.60 Å². The summed E-state index contributed by atoms with van der Waals surface area (Å²) in [6.45, 7) is 2.73. The lowest BCUT2D eigenvalue weighted by molar-refractivity contribution is -0.152. The van der Waals surface area contributed by atoms with Crippen LogP contribution in [0.5, 0.6) is 0 Å². The second-order valence-corrected chi connectivity index (χ2v) is 9.49. The molecule has 1 saturated carbocycles. The number of carbonyl (C=O) groups excluding carboxylic acids is 3. The third kappa shape index (κ3) is 5.00. The number of benzene rings is 1. The molecule has 0 amide bonds. The number of rotatable bonds is 11. The number of ketones is 2. The van der Waals surface area contributed by atoms with Crippen LogP contribution < -0.4 is 0 Å². The smallest absolute Gasteiger partial charge is 0.306 e. The van der Waals surface area contributed by atoms with Crippen LogP contribution in [0.4, 0.5) is 4.39 Å². The summed E-state index contributed by atoms with van der Waals surface area (Å²) in [6.07, 6.45) is 3.24. The number of Topliss-reactive ketones (excluding diaryl/α,β-unsaturated/α-hetero) is 2. The Balaban J connectivity index is 1.51. The molecule has 34 heavy (non-hydrogen) atoms. The van der Waals surface area contributed by atoms with Crippen LogP contribution in [0.2, 0.25) is 0 Å². The molecule has 4 rings (SSSR count). The van der Waals surface area contributed by atoms with Crippen LogP contribution >= 0.6 is 0 Å². The van der Waals surface area contributed by atoms with Crippen molar-refractivity contribution in [3.05, 3.63) is 42.2 Å². The van der Waals surface area contributed by atoms with E-state index in [1.54, 1.807) is 6.20 Å². The van der Waals surface area contributed by atoms with Gasteiger partial charge in [0, 0.05) is 36.3 Å². The Morgan fingerprint density at radius 2 is 1.94 bits per heavy atom. The number of ether oxygens (including phenoxy) is 1. The van der Waals surface area contributed by atoms with Gasteiger partial charge < -0.3 is 9.57 Å². The van der Waals surface area contributed by atoms with E-state index in [2.05, 4.69) is 10.1 Å². The molecule has 0 radical (unpaired) electrons. The van der Waals surface area contributed by atoms with E-state index < -0.39 is 29.9 Å². The molecule has 7 nitrogen and oxygen atoms in total. The van der Waals surface area contributed by atoms with E-state index in [1.807, 2.05) is 44.2 Å². The van der Waals surface area contributed by atoms with Gasteiger partial charge in [-0.25, -0.2) is 4.39 Å². The number of nitrogens with zero attached hydrogens (tertiary/aromatic N) is 2. The summed E-state index contributed by atoms with van der Waals surface area (Å²) in [7, 11) is 0. The van der Waals surface area contributed by atoms with Crippen molar-refractivity contribution in [1.82, 2.24) is 4.98 Å². The third-order valence-electron chi connectivity index (χ3n) is 6.71. The first-order chi connectivity index (χ1) is 16.3. The third-order valence-corrected chi connectivity index (χ3v) is 6.71. The van der Waals surface area contributed by atoms with Crippen molar-refractivity contribution in [3.63, 3.8) is 0 Å². The van der Waals surface area contributed by atoms with Crippen LogP contribution in [0.3, 0.4) is 0 Å². The molecule has 0 N–H and O–H groups in total. The highest BCUT2D eigenvalue weighted by Gasteiger charge is 2.50. The lowest BCUT2D eigenvalue weighted by Gasteiger charge is -2.30. The van der Waals surface area contributed by atoms with E-state index in [-0.39, 0.29) is 31.0 Å². The minimum absolute atomic E-state index is 0.174. The Labute approximate surface area is 197 Å². The largest absolute Gasteiger partial charge is 0.465 e. The second-order valence-electron chi connectivity index (χ2n) is 9.49. The molecule has 1 aliphatic heterocycles. The number of alkyl halides is 1. The number of hydrogen-bond acceptors (Lipinski definition) is 7. The number of oxime groups is 1. The quantitative estimate of drug-likeness (QED) is 0.459. The number of pyridine rings is 1.